The lowest BCUT2D eigenvalue weighted by molar-refractivity contribution is 0.886. The molecule has 82 valence electrons. The van der Waals surface area contributed by atoms with Crippen LogP contribution in [-0.4, -0.2) is 15.0 Å². The van der Waals surface area contributed by atoms with E-state index in [1.54, 1.807) is 6.33 Å². The van der Waals surface area contributed by atoms with E-state index in [0.717, 1.165) is 24.1 Å². The van der Waals surface area contributed by atoms with Gasteiger partial charge in [-0.15, -0.1) is 0 Å². The second-order valence-electron chi connectivity index (χ2n) is 4.41. The molecule has 1 aromatic carbocycles. The number of aromatic amines is 1. The van der Waals surface area contributed by atoms with Gasteiger partial charge in [-0.05, 0) is 24.5 Å². The molecule has 0 unspecified atom stereocenters. The molecule has 17 heavy (non-hydrogen) atoms. The summed E-state index contributed by atoms with van der Waals surface area (Å²) in [5.74, 6) is 0. The predicted octanol–water partition coefficient (Wildman–Crippen LogP) is 2.72. The molecule has 3 nitrogen and oxygen atoms in total. The molecule has 0 amide bonds. The highest BCUT2D eigenvalue weighted by Crippen LogP contribution is 2.35. The zero-order chi connectivity index (χ0) is 11.2. The minimum atomic E-state index is 1.01. The lowest BCUT2D eigenvalue weighted by atomic mass is 9.93. The Bertz CT molecular complexity index is 712. The highest BCUT2D eigenvalue weighted by Gasteiger charge is 2.20. The summed E-state index contributed by atoms with van der Waals surface area (Å²) in [6.07, 6.45) is 5.61. The molecule has 0 atom stereocenters. The van der Waals surface area contributed by atoms with Gasteiger partial charge in [0.15, 0.2) is 0 Å². The van der Waals surface area contributed by atoms with Gasteiger partial charge < -0.3 is 4.98 Å². The van der Waals surface area contributed by atoms with E-state index in [1.807, 2.05) is 6.20 Å². The Hall–Kier alpha value is -2.16. The second kappa shape index (κ2) is 3.17. The number of H-pyrrole nitrogens is 1. The number of benzene rings is 1. The van der Waals surface area contributed by atoms with Crippen molar-refractivity contribution in [3.05, 3.63) is 48.0 Å². The fourth-order valence-electron chi connectivity index (χ4n) is 2.70. The van der Waals surface area contributed by atoms with Gasteiger partial charge >= 0.3 is 0 Å². The molecule has 0 saturated carbocycles. The van der Waals surface area contributed by atoms with Crippen LogP contribution >= 0.6 is 0 Å². The molecule has 3 aromatic rings. The highest BCUT2D eigenvalue weighted by molar-refractivity contribution is 5.91. The normalized spacial score (nSPS) is 13.4. The Kier molecular flexibility index (Phi) is 1.66. The number of aromatic nitrogens is 3. The van der Waals surface area contributed by atoms with Crippen LogP contribution in [0.15, 0.2) is 36.8 Å². The van der Waals surface area contributed by atoms with Crippen molar-refractivity contribution in [3.63, 3.8) is 0 Å². The summed E-state index contributed by atoms with van der Waals surface area (Å²) in [4.78, 5) is 12.0. The van der Waals surface area contributed by atoms with Gasteiger partial charge in [0.05, 0.1) is 11.4 Å². The van der Waals surface area contributed by atoms with Crippen LogP contribution in [0.25, 0.3) is 22.2 Å². The largest absolute Gasteiger partial charge is 0.354 e. The number of hydrogen-bond acceptors (Lipinski definition) is 2. The SMILES string of the molecule is c1ccc2c3c([nH]c2c1)-c1cncnc1CC3. The molecule has 1 aliphatic carbocycles. The summed E-state index contributed by atoms with van der Waals surface area (Å²) >= 11 is 0. The Labute approximate surface area is 98.5 Å². The molecule has 1 aliphatic rings. The van der Waals surface area contributed by atoms with E-state index in [2.05, 4.69) is 39.2 Å². The van der Waals surface area contributed by atoms with E-state index in [1.165, 1.54) is 22.2 Å². The topological polar surface area (TPSA) is 41.6 Å². The number of hydrogen-bond donors (Lipinski definition) is 1. The number of para-hydroxylation sites is 1. The van der Waals surface area contributed by atoms with Crippen LogP contribution < -0.4 is 0 Å². The van der Waals surface area contributed by atoms with Crippen LogP contribution in [0.2, 0.25) is 0 Å². The highest BCUT2D eigenvalue weighted by atomic mass is 14.8. The van der Waals surface area contributed by atoms with E-state index in [0.29, 0.717) is 0 Å². The Morgan fingerprint density at radius 2 is 2.06 bits per heavy atom. The Balaban J connectivity index is 2.10. The van der Waals surface area contributed by atoms with E-state index < -0.39 is 0 Å². The molecular formula is C14H11N3. The Morgan fingerprint density at radius 3 is 3.06 bits per heavy atom. The summed E-state index contributed by atoms with van der Waals surface area (Å²) in [5.41, 5.74) is 6.12. The summed E-state index contributed by atoms with van der Waals surface area (Å²) in [6, 6.07) is 8.46. The number of fused-ring (bicyclic) bond motifs is 5. The van der Waals surface area contributed by atoms with Crippen molar-refractivity contribution in [2.75, 3.05) is 0 Å². The Morgan fingerprint density at radius 1 is 1.12 bits per heavy atom. The van der Waals surface area contributed by atoms with Crippen molar-refractivity contribution < 1.29 is 0 Å². The first-order valence-electron chi connectivity index (χ1n) is 5.82. The third kappa shape index (κ3) is 1.16. The van der Waals surface area contributed by atoms with Gasteiger partial charge in [-0.2, -0.15) is 0 Å². The van der Waals surface area contributed by atoms with Crippen LogP contribution in [0.5, 0.6) is 0 Å². The van der Waals surface area contributed by atoms with Crippen LogP contribution in [0.3, 0.4) is 0 Å². The summed E-state index contributed by atoms with van der Waals surface area (Å²) in [7, 11) is 0. The zero-order valence-corrected chi connectivity index (χ0v) is 9.27. The molecule has 1 N–H and O–H groups in total. The monoisotopic (exact) mass is 221 g/mol. The first-order valence-corrected chi connectivity index (χ1v) is 5.82. The molecule has 0 radical (unpaired) electrons. The van der Waals surface area contributed by atoms with Gasteiger partial charge in [0.1, 0.15) is 6.33 Å². The molecule has 0 aliphatic heterocycles. The van der Waals surface area contributed by atoms with E-state index in [9.17, 15) is 0 Å². The molecule has 2 aromatic heterocycles. The van der Waals surface area contributed by atoms with E-state index in [-0.39, 0.29) is 0 Å². The maximum absolute atomic E-state index is 4.36. The molecule has 3 heteroatoms. The van der Waals surface area contributed by atoms with Gasteiger partial charge in [-0.25, -0.2) is 9.97 Å². The smallest absolute Gasteiger partial charge is 0.115 e. The number of nitrogens with zero attached hydrogens (tertiary/aromatic N) is 2. The van der Waals surface area contributed by atoms with Gasteiger partial charge in [0.25, 0.3) is 0 Å². The lowest BCUT2D eigenvalue weighted by Crippen LogP contribution is -2.05. The van der Waals surface area contributed by atoms with Gasteiger partial charge in [0.2, 0.25) is 0 Å². The van der Waals surface area contributed by atoms with Crippen LogP contribution in [0.1, 0.15) is 11.3 Å². The zero-order valence-electron chi connectivity index (χ0n) is 9.27. The molecule has 0 bridgehead atoms. The first kappa shape index (κ1) is 8.93. The van der Waals surface area contributed by atoms with Crippen molar-refractivity contribution in [1.29, 1.82) is 0 Å². The van der Waals surface area contributed by atoms with Crippen molar-refractivity contribution in [2.45, 2.75) is 12.8 Å². The summed E-state index contributed by atoms with van der Waals surface area (Å²) in [6.45, 7) is 0. The fraction of sp³-hybridized carbons (Fsp3) is 0.143. The van der Waals surface area contributed by atoms with Gasteiger partial charge in [-0.1, -0.05) is 18.2 Å². The first-order chi connectivity index (χ1) is 8.43. The molecular weight excluding hydrogens is 210 g/mol. The van der Waals surface area contributed by atoms with Crippen molar-refractivity contribution in [3.8, 4) is 11.3 Å². The maximum Gasteiger partial charge on any atom is 0.115 e. The fourth-order valence-corrected chi connectivity index (χ4v) is 2.70. The van der Waals surface area contributed by atoms with Crippen LogP contribution in [0, 0.1) is 0 Å². The quantitative estimate of drug-likeness (QED) is 0.634. The average Bonchev–Trinajstić information content (AvgIpc) is 2.78. The van der Waals surface area contributed by atoms with Gasteiger partial charge in [0, 0.05) is 22.7 Å². The molecule has 0 saturated heterocycles. The maximum atomic E-state index is 4.36. The molecule has 4 rings (SSSR count). The van der Waals surface area contributed by atoms with E-state index >= 15 is 0 Å². The third-order valence-corrected chi connectivity index (χ3v) is 3.49. The number of aryl methyl sites for hydroxylation is 2. The van der Waals surface area contributed by atoms with E-state index in [4.69, 9.17) is 0 Å². The van der Waals surface area contributed by atoms with Crippen molar-refractivity contribution in [1.82, 2.24) is 15.0 Å². The average molecular weight is 221 g/mol. The molecule has 2 heterocycles. The minimum absolute atomic E-state index is 1.01. The van der Waals surface area contributed by atoms with Crippen molar-refractivity contribution >= 4 is 10.9 Å². The molecule has 0 spiro atoms. The number of nitrogens with one attached hydrogen (secondary N) is 1. The van der Waals surface area contributed by atoms with Crippen LogP contribution in [-0.2, 0) is 12.8 Å². The number of rotatable bonds is 0. The predicted molar refractivity (Wildman–Crippen MR) is 66.7 cm³/mol. The lowest BCUT2D eigenvalue weighted by Gasteiger charge is -2.14. The van der Waals surface area contributed by atoms with Crippen molar-refractivity contribution in [2.24, 2.45) is 0 Å². The molecule has 0 fully saturated rings. The summed E-state index contributed by atoms with van der Waals surface area (Å²) in [5, 5.41) is 1.33. The minimum Gasteiger partial charge on any atom is -0.354 e. The standard InChI is InChI=1S/C14H11N3/c1-2-4-13-9(3-1)10-5-6-12-11(14(10)17-13)7-15-8-16-12/h1-4,7-8,17H,5-6H2. The third-order valence-electron chi connectivity index (χ3n) is 3.49. The summed E-state index contributed by atoms with van der Waals surface area (Å²) < 4.78 is 0. The second-order valence-corrected chi connectivity index (χ2v) is 4.41. The van der Waals surface area contributed by atoms with Gasteiger partial charge in [-0.3, -0.25) is 0 Å². The van der Waals surface area contributed by atoms with Crippen LogP contribution in [0.4, 0.5) is 0 Å².